The molecule has 0 bridgehead atoms. The molecule has 1 aliphatic heterocycles. The monoisotopic (exact) mass is 358 g/mol. The molecule has 2 aromatic rings. The zero-order valence-corrected chi connectivity index (χ0v) is 15.1. The normalized spacial score (nSPS) is 16.4. The van der Waals surface area contributed by atoms with Crippen molar-refractivity contribution in [2.24, 2.45) is 0 Å². The number of pyridine rings is 1. The summed E-state index contributed by atoms with van der Waals surface area (Å²) in [6.07, 6.45) is 2.70. The Kier molecular flexibility index (Phi) is 6.17. The summed E-state index contributed by atoms with van der Waals surface area (Å²) in [5.74, 6) is 4.07. The van der Waals surface area contributed by atoms with Crippen LogP contribution in [0.15, 0.2) is 48.7 Å². The van der Waals surface area contributed by atoms with Crippen LogP contribution in [0.4, 0.5) is 5.82 Å². The summed E-state index contributed by atoms with van der Waals surface area (Å²) >= 11 is 1.87. The van der Waals surface area contributed by atoms with E-state index in [1.54, 1.807) is 11.1 Å². The lowest BCUT2D eigenvalue weighted by atomic mass is 10.2. The number of thioether (sulfide) groups is 1. The third-order valence-corrected chi connectivity index (χ3v) is 5.08. The average molecular weight is 358 g/mol. The molecule has 1 atom stereocenters. The quantitative estimate of drug-likeness (QED) is 0.759. The number of carbonyl (C=O) groups excluding carboxylic acids is 1. The van der Waals surface area contributed by atoms with E-state index in [1.807, 2.05) is 61.2 Å². The fourth-order valence-electron chi connectivity index (χ4n) is 2.75. The van der Waals surface area contributed by atoms with Gasteiger partial charge in [0, 0.05) is 18.0 Å². The zero-order chi connectivity index (χ0) is 17.5. The highest BCUT2D eigenvalue weighted by Gasteiger charge is 2.29. The average Bonchev–Trinajstić information content (AvgIpc) is 3.17. The van der Waals surface area contributed by atoms with Crippen molar-refractivity contribution in [3.8, 4) is 11.5 Å². The van der Waals surface area contributed by atoms with Crippen molar-refractivity contribution in [2.75, 3.05) is 29.6 Å². The van der Waals surface area contributed by atoms with Gasteiger partial charge in [-0.25, -0.2) is 4.98 Å². The Bertz CT molecular complexity index is 673. The van der Waals surface area contributed by atoms with Crippen molar-refractivity contribution in [1.82, 2.24) is 4.98 Å². The minimum absolute atomic E-state index is 0.00821. The molecule has 1 amide bonds. The Labute approximate surface area is 152 Å². The fourth-order valence-corrected chi connectivity index (χ4v) is 3.95. The predicted molar refractivity (Wildman–Crippen MR) is 101 cm³/mol. The number of benzene rings is 1. The Morgan fingerprint density at radius 3 is 2.56 bits per heavy atom. The number of carbonyl (C=O) groups is 1. The molecular weight excluding hydrogens is 336 g/mol. The molecule has 2 heterocycles. The molecule has 0 N–H and O–H groups in total. The number of anilines is 1. The highest BCUT2D eigenvalue weighted by molar-refractivity contribution is 7.99. The number of hydrogen-bond acceptors (Lipinski definition) is 5. The van der Waals surface area contributed by atoms with E-state index in [0.29, 0.717) is 18.2 Å². The second kappa shape index (κ2) is 8.76. The first-order valence-corrected chi connectivity index (χ1v) is 9.60. The van der Waals surface area contributed by atoms with Crippen LogP contribution in [0.1, 0.15) is 13.3 Å². The summed E-state index contributed by atoms with van der Waals surface area (Å²) in [7, 11) is 0. The molecule has 0 saturated carbocycles. The van der Waals surface area contributed by atoms with Gasteiger partial charge in [0.1, 0.15) is 17.3 Å². The lowest BCUT2D eigenvalue weighted by Gasteiger charge is -2.27. The van der Waals surface area contributed by atoms with E-state index in [4.69, 9.17) is 9.47 Å². The molecule has 1 aromatic heterocycles. The van der Waals surface area contributed by atoms with Crippen molar-refractivity contribution in [1.29, 1.82) is 0 Å². The van der Waals surface area contributed by atoms with Crippen LogP contribution in [0.2, 0.25) is 0 Å². The third kappa shape index (κ3) is 4.66. The SMILES string of the molecule is CCOc1ccc(OCC(=O)N(c2ccccn2)C2CCSC2)cc1. The van der Waals surface area contributed by atoms with E-state index >= 15 is 0 Å². The van der Waals surface area contributed by atoms with Crippen molar-refractivity contribution in [3.05, 3.63) is 48.7 Å². The lowest BCUT2D eigenvalue weighted by molar-refractivity contribution is -0.121. The van der Waals surface area contributed by atoms with E-state index < -0.39 is 0 Å². The molecule has 0 spiro atoms. The van der Waals surface area contributed by atoms with E-state index in [1.165, 1.54) is 0 Å². The minimum Gasteiger partial charge on any atom is -0.494 e. The number of hydrogen-bond donors (Lipinski definition) is 0. The number of aromatic nitrogens is 1. The van der Waals surface area contributed by atoms with Crippen LogP contribution >= 0.6 is 11.8 Å². The van der Waals surface area contributed by atoms with Crippen LogP contribution < -0.4 is 14.4 Å². The van der Waals surface area contributed by atoms with E-state index in [9.17, 15) is 4.79 Å². The summed E-state index contributed by atoms with van der Waals surface area (Å²) in [4.78, 5) is 18.9. The fraction of sp³-hybridized carbons (Fsp3) is 0.368. The van der Waals surface area contributed by atoms with Gasteiger partial charge < -0.3 is 9.47 Å². The second-order valence-electron chi connectivity index (χ2n) is 5.66. The van der Waals surface area contributed by atoms with Crippen molar-refractivity contribution < 1.29 is 14.3 Å². The summed E-state index contributed by atoms with van der Waals surface area (Å²) in [6, 6.07) is 13.1. The van der Waals surface area contributed by atoms with Gasteiger partial charge in [0.25, 0.3) is 5.91 Å². The van der Waals surface area contributed by atoms with Crippen LogP contribution in [-0.4, -0.2) is 41.7 Å². The summed E-state index contributed by atoms with van der Waals surface area (Å²) in [5, 5.41) is 0. The first-order valence-electron chi connectivity index (χ1n) is 8.44. The maximum Gasteiger partial charge on any atom is 0.266 e. The molecule has 1 aromatic carbocycles. The number of ether oxygens (including phenoxy) is 2. The Hall–Kier alpha value is -2.21. The summed E-state index contributed by atoms with van der Waals surface area (Å²) in [5.41, 5.74) is 0. The molecule has 5 nitrogen and oxygen atoms in total. The molecule has 1 unspecified atom stereocenters. The molecule has 3 rings (SSSR count). The highest BCUT2D eigenvalue weighted by atomic mass is 32.2. The molecule has 25 heavy (non-hydrogen) atoms. The highest BCUT2D eigenvalue weighted by Crippen LogP contribution is 2.26. The Morgan fingerprint density at radius 1 is 1.20 bits per heavy atom. The van der Waals surface area contributed by atoms with Gasteiger partial charge in [-0.05, 0) is 55.5 Å². The van der Waals surface area contributed by atoms with Crippen molar-refractivity contribution in [3.63, 3.8) is 0 Å². The summed E-state index contributed by atoms with van der Waals surface area (Å²) in [6.45, 7) is 2.55. The van der Waals surface area contributed by atoms with Crippen LogP contribution in [0.5, 0.6) is 11.5 Å². The van der Waals surface area contributed by atoms with Crippen LogP contribution in [0.3, 0.4) is 0 Å². The van der Waals surface area contributed by atoms with Gasteiger partial charge in [0.05, 0.1) is 6.61 Å². The van der Waals surface area contributed by atoms with Gasteiger partial charge in [-0.15, -0.1) is 0 Å². The number of nitrogens with zero attached hydrogens (tertiary/aromatic N) is 2. The van der Waals surface area contributed by atoms with Crippen LogP contribution in [0.25, 0.3) is 0 Å². The molecule has 0 aliphatic carbocycles. The number of amides is 1. The minimum atomic E-state index is -0.0694. The van der Waals surface area contributed by atoms with Crippen molar-refractivity contribution in [2.45, 2.75) is 19.4 Å². The summed E-state index contributed by atoms with van der Waals surface area (Å²) < 4.78 is 11.1. The predicted octanol–water partition coefficient (Wildman–Crippen LogP) is 3.40. The number of rotatable bonds is 7. The van der Waals surface area contributed by atoms with Crippen LogP contribution in [0, 0.1) is 0 Å². The van der Waals surface area contributed by atoms with Gasteiger partial charge in [-0.3, -0.25) is 9.69 Å². The first-order chi connectivity index (χ1) is 12.3. The Balaban J connectivity index is 1.66. The molecule has 132 valence electrons. The van der Waals surface area contributed by atoms with E-state index in [2.05, 4.69) is 4.98 Å². The largest absolute Gasteiger partial charge is 0.494 e. The van der Waals surface area contributed by atoms with Gasteiger partial charge in [-0.2, -0.15) is 11.8 Å². The lowest BCUT2D eigenvalue weighted by Crippen LogP contribution is -2.43. The molecule has 6 heteroatoms. The first kappa shape index (κ1) is 17.6. The van der Waals surface area contributed by atoms with Gasteiger partial charge in [-0.1, -0.05) is 6.07 Å². The maximum absolute atomic E-state index is 12.8. The maximum atomic E-state index is 12.8. The zero-order valence-electron chi connectivity index (χ0n) is 14.3. The third-order valence-electron chi connectivity index (χ3n) is 3.93. The smallest absolute Gasteiger partial charge is 0.266 e. The standard InChI is InChI=1S/C19H22N2O3S/c1-2-23-16-6-8-17(9-7-16)24-13-19(22)21(15-10-12-25-14-15)18-5-3-4-11-20-18/h3-9,11,15H,2,10,12-14H2,1H3. The molecule has 0 radical (unpaired) electrons. The topological polar surface area (TPSA) is 51.7 Å². The second-order valence-corrected chi connectivity index (χ2v) is 6.81. The van der Waals surface area contributed by atoms with E-state index in [0.717, 1.165) is 23.7 Å². The molecular formula is C19H22N2O3S. The van der Waals surface area contributed by atoms with Gasteiger partial charge >= 0.3 is 0 Å². The van der Waals surface area contributed by atoms with Gasteiger partial charge in [0.2, 0.25) is 0 Å². The van der Waals surface area contributed by atoms with E-state index in [-0.39, 0.29) is 18.6 Å². The molecule has 1 saturated heterocycles. The van der Waals surface area contributed by atoms with Crippen molar-refractivity contribution >= 4 is 23.5 Å². The van der Waals surface area contributed by atoms with Gasteiger partial charge in [0.15, 0.2) is 6.61 Å². The van der Waals surface area contributed by atoms with Crippen LogP contribution in [-0.2, 0) is 4.79 Å². The molecule has 1 aliphatic rings. The molecule has 1 fully saturated rings. The Morgan fingerprint density at radius 2 is 1.96 bits per heavy atom.